The predicted molar refractivity (Wildman–Crippen MR) is 34.8 cm³/mol. The van der Waals surface area contributed by atoms with Gasteiger partial charge in [-0.1, -0.05) is 0 Å². The summed E-state index contributed by atoms with van der Waals surface area (Å²) in [5, 5.41) is 0.681. The van der Waals surface area contributed by atoms with E-state index in [9.17, 15) is 9.59 Å². The van der Waals surface area contributed by atoms with Crippen LogP contribution in [-0.2, 0) is 0 Å². The lowest BCUT2D eigenvalue weighted by Gasteiger charge is -1.67. The third-order valence-corrected chi connectivity index (χ3v) is 1.51. The van der Waals surface area contributed by atoms with E-state index >= 15 is 0 Å². The molecular formula is C6H4N2O2. The second-order valence-corrected chi connectivity index (χ2v) is 2.13. The lowest BCUT2D eigenvalue weighted by Crippen LogP contribution is -2.02. The van der Waals surface area contributed by atoms with Gasteiger partial charge in [-0.05, 0) is 12.1 Å². The summed E-state index contributed by atoms with van der Waals surface area (Å²) in [5.74, 6) is 5.23. The second kappa shape index (κ2) is 1.29. The molecule has 2 aliphatic rings. The molecule has 50 valence electrons. The molecule has 0 unspecified atom stereocenters. The second-order valence-electron chi connectivity index (χ2n) is 2.13. The molecule has 0 aromatic carbocycles. The normalized spacial score (nSPS) is 11.2. The molecule has 1 aliphatic heterocycles. The minimum Gasteiger partial charge on any atom is -0.338 e. The number of aromatic nitrogens is 1. The zero-order chi connectivity index (χ0) is 7.30. The van der Waals surface area contributed by atoms with Crippen LogP contribution < -0.4 is 16.7 Å². The molecule has 2 N–H and O–H groups in total. The van der Waals surface area contributed by atoms with Gasteiger partial charge in [0.05, 0.1) is 0 Å². The monoisotopic (exact) mass is 136 g/mol. The Morgan fingerprint density at radius 2 is 1.50 bits per heavy atom. The van der Waals surface area contributed by atoms with Crippen molar-refractivity contribution in [3.63, 3.8) is 0 Å². The third kappa shape index (κ3) is 0.411. The van der Waals surface area contributed by atoms with Gasteiger partial charge in [0, 0.05) is 0 Å². The molecule has 1 aliphatic carbocycles. The van der Waals surface area contributed by atoms with Crippen molar-refractivity contribution >= 4 is 0 Å². The van der Waals surface area contributed by atoms with Crippen LogP contribution in [0.1, 0.15) is 0 Å². The molecule has 0 fully saturated rings. The van der Waals surface area contributed by atoms with Crippen LogP contribution in [0.15, 0.2) is 21.7 Å². The van der Waals surface area contributed by atoms with E-state index in [0.29, 0.717) is 10.7 Å². The fourth-order valence-corrected chi connectivity index (χ4v) is 0.957. The van der Waals surface area contributed by atoms with E-state index in [1.807, 2.05) is 0 Å². The summed E-state index contributed by atoms with van der Waals surface area (Å²) in [7, 11) is 0. The minimum absolute atomic E-state index is 0.183. The zero-order valence-electron chi connectivity index (χ0n) is 5.00. The minimum atomic E-state index is -0.183. The van der Waals surface area contributed by atoms with Crippen molar-refractivity contribution < 1.29 is 0 Å². The molecule has 0 amide bonds. The third-order valence-electron chi connectivity index (χ3n) is 1.51. The molecule has 0 saturated carbocycles. The molecule has 0 bridgehead atoms. The Labute approximate surface area is 54.8 Å². The first-order valence-electron chi connectivity index (χ1n) is 2.77. The van der Waals surface area contributed by atoms with Gasteiger partial charge in [-0.25, -0.2) is 0 Å². The Morgan fingerprint density at radius 3 is 1.90 bits per heavy atom. The van der Waals surface area contributed by atoms with Gasteiger partial charge in [-0.15, -0.1) is 0 Å². The standard InChI is InChI=1S/C6H4N2O2/c7-8-5-3(9)1-2-4(10)6(5)8/h1-2H,7H2. The lowest BCUT2D eigenvalue weighted by molar-refractivity contribution is 1.08. The van der Waals surface area contributed by atoms with Crippen LogP contribution >= 0.6 is 0 Å². The van der Waals surface area contributed by atoms with E-state index < -0.39 is 0 Å². The Balaban J connectivity index is 3.20. The summed E-state index contributed by atoms with van der Waals surface area (Å²) in [6.07, 6.45) is 0. The van der Waals surface area contributed by atoms with Gasteiger partial charge in [-0.2, -0.15) is 0 Å². The highest BCUT2D eigenvalue weighted by Crippen LogP contribution is 1.90. The van der Waals surface area contributed by atoms with E-state index in [1.54, 1.807) is 0 Å². The number of rotatable bonds is 0. The average molecular weight is 136 g/mol. The van der Waals surface area contributed by atoms with E-state index in [0.717, 1.165) is 4.68 Å². The molecule has 4 nitrogen and oxygen atoms in total. The van der Waals surface area contributed by atoms with Crippen LogP contribution in [0, 0.1) is 10.7 Å². The smallest absolute Gasteiger partial charge is 0.206 e. The largest absolute Gasteiger partial charge is 0.338 e. The van der Waals surface area contributed by atoms with Gasteiger partial charge in [0.25, 0.3) is 0 Å². The van der Waals surface area contributed by atoms with E-state index in [-0.39, 0.29) is 10.9 Å². The summed E-state index contributed by atoms with van der Waals surface area (Å²) in [6, 6.07) is 2.46. The van der Waals surface area contributed by atoms with E-state index in [4.69, 9.17) is 5.84 Å². The van der Waals surface area contributed by atoms with Crippen LogP contribution in [0.2, 0.25) is 0 Å². The van der Waals surface area contributed by atoms with Crippen molar-refractivity contribution in [2.24, 2.45) is 0 Å². The summed E-state index contributed by atoms with van der Waals surface area (Å²) < 4.78 is 1.12. The van der Waals surface area contributed by atoms with Gasteiger partial charge in [-0.3, -0.25) is 14.3 Å². The van der Waals surface area contributed by atoms with Gasteiger partial charge >= 0.3 is 0 Å². The topological polar surface area (TPSA) is 65.1 Å². The Bertz CT molecular complexity index is 456. The maximum absolute atomic E-state index is 10.8. The zero-order valence-corrected chi connectivity index (χ0v) is 5.00. The number of nitrogen functional groups attached to an aromatic ring is 1. The quantitative estimate of drug-likeness (QED) is 0.449. The van der Waals surface area contributed by atoms with Crippen LogP contribution in [0.5, 0.6) is 0 Å². The summed E-state index contributed by atoms with van der Waals surface area (Å²) in [6.45, 7) is 0. The fourth-order valence-electron chi connectivity index (χ4n) is 0.957. The van der Waals surface area contributed by atoms with Gasteiger partial charge in [0.2, 0.25) is 10.9 Å². The molecule has 2 rings (SSSR count). The van der Waals surface area contributed by atoms with Crippen LogP contribution in [0.4, 0.5) is 0 Å². The maximum atomic E-state index is 10.8. The highest BCUT2D eigenvalue weighted by atomic mass is 16.1. The maximum Gasteiger partial charge on any atom is 0.206 e. The van der Waals surface area contributed by atoms with Gasteiger partial charge < -0.3 is 5.84 Å². The Hall–Kier alpha value is -1.58. The first kappa shape index (κ1) is 5.22. The van der Waals surface area contributed by atoms with Crippen LogP contribution in [0.25, 0.3) is 0 Å². The number of hydrogen-bond acceptors (Lipinski definition) is 3. The van der Waals surface area contributed by atoms with E-state index in [1.165, 1.54) is 12.1 Å². The Morgan fingerprint density at radius 1 is 1.10 bits per heavy atom. The molecule has 0 aromatic rings. The molecule has 0 aromatic heterocycles. The number of hydrogen-bond donors (Lipinski definition) is 1. The van der Waals surface area contributed by atoms with Gasteiger partial charge in [0.15, 0.2) is 0 Å². The number of nitrogens with zero attached hydrogens (tertiary/aromatic N) is 1. The predicted octanol–water partition coefficient (Wildman–Crippen LogP) is -1.48. The van der Waals surface area contributed by atoms with Crippen molar-refractivity contribution in [2.75, 3.05) is 5.84 Å². The Kier molecular flexibility index (Phi) is 0.672. The summed E-state index contributed by atoms with van der Waals surface area (Å²) >= 11 is 0. The lowest BCUT2D eigenvalue weighted by atomic mass is 10.4. The van der Waals surface area contributed by atoms with Crippen molar-refractivity contribution in [3.8, 4) is 0 Å². The van der Waals surface area contributed by atoms with Crippen LogP contribution in [0.3, 0.4) is 0 Å². The van der Waals surface area contributed by atoms with Gasteiger partial charge in [0.1, 0.15) is 10.7 Å². The van der Waals surface area contributed by atoms with Crippen molar-refractivity contribution in [2.45, 2.75) is 0 Å². The van der Waals surface area contributed by atoms with Crippen LogP contribution in [-0.4, -0.2) is 4.68 Å². The fraction of sp³-hybridized carbons (Fsp3) is 0. The number of nitrogens with two attached hydrogens (primary N) is 1. The molecule has 10 heavy (non-hydrogen) atoms. The first-order chi connectivity index (χ1) is 4.72. The molecule has 0 atom stereocenters. The highest BCUT2D eigenvalue weighted by Gasteiger charge is 2.11. The van der Waals surface area contributed by atoms with E-state index in [2.05, 4.69) is 0 Å². The SMILES string of the molecule is Nn1c2c(=O)ccc(=O)c1=2. The summed E-state index contributed by atoms with van der Waals surface area (Å²) in [5.41, 5.74) is -0.366. The average Bonchev–Trinajstić information content (AvgIpc) is 2.55. The molecule has 0 saturated heterocycles. The molecule has 1 heterocycles. The molecule has 0 radical (unpaired) electrons. The summed E-state index contributed by atoms with van der Waals surface area (Å²) in [4.78, 5) is 21.5. The van der Waals surface area contributed by atoms with Crippen molar-refractivity contribution in [1.29, 1.82) is 0 Å². The molecular weight excluding hydrogens is 132 g/mol. The van der Waals surface area contributed by atoms with Crippen molar-refractivity contribution in [3.05, 3.63) is 43.3 Å². The molecule has 0 spiro atoms. The first-order valence-corrected chi connectivity index (χ1v) is 2.77. The molecule has 4 heteroatoms. The highest BCUT2D eigenvalue weighted by molar-refractivity contribution is 5.13. The van der Waals surface area contributed by atoms with Crippen molar-refractivity contribution in [1.82, 2.24) is 4.68 Å².